The highest BCUT2D eigenvalue weighted by Crippen LogP contribution is 2.06. The van der Waals surface area contributed by atoms with E-state index in [0.717, 1.165) is 24.5 Å². The Labute approximate surface area is 153 Å². The highest BCUT2D eigenvalue weighted by molar-refractivity contribution is 6.09. The summed E-state index contributed by atoms with van der Waals surface area (Å²) in [6.45, 7) is 6.71. The molecule has 1 amide bonds. The topological polar surface area (TPSA) is 89.5 Å². The second-order valence-electron chi connectivity index (χ2n) is 5.63. The third-order valence-corrected chi connectivity index (χ3v) is 3.69. The summed E-state index contributed by atoms with van der Waals surface area (Å²) in [6.07, 6.45) is 4.56. The van der Waals surface area contributed by atoms with Crippen LogP contribution in [-0.4, -0.2) is 49.9 Å². The van der Waals surface area contributed by atoms with Crippen molar-refractivity contribution in [1.29, 1.82) is 5.41 Å². The molecule has 0 aromatic heterocycles. The number of carbonyl (C=O) groups is 1. The molecular weight excluding hydrogens is 330 g/mol. The van der Waals surface area contributed by atoms with Crippen molar-refractivity contribution in [3.63, 3.8) is 0 Å². The molecule has 0 saturated carbocycles. The molecule has 1 fully saturated rings. The quantitative estimate of drug-likeness (QED) is 0.243. The first-order valence-corrected chi connectivity index (χ1v) is 8.39. The van der Waals surface area contributed by atoms with Crippen LogP contribution in [0.15, 0.2) is 66.7 Å². The number of morpholine rings is 1. The van der Waals surface area contributed by atoms with Crippen LogP contribution < -0.4 is 16.2 Å². The number of nitrogens with zero attached hydrogens (tertiary/aromatic N) is 1. The zero-order valence-electron chi connectivity index (χ0n) is 14.9. The van der Waals surface area contributed by atoms with Crippen LogP contribution in [0.3, 0.4) is 0 Å². The molecule has 2 rings (SSSR count). The van der Waals surface area contributed by atoms with E-state index in [2.05, 4.69) is 27.6 Å². The van der Waals surface area contributed by atoms with Crippen molar-refractivity contribution in [3.8, 4) is 0 Å². The molecule has 4 N–H and O–H groups in total. The predicted molar refractivity (Wildman–Crippen MR) is 102 cm³/mol. The van der Waals surface area contributed by atoms with Crippen molar-refractivity contribution in [1.82, 2.24) is 21.1 Å². The molecular formula is C19H25N5O2. The van der Waals surface area contributed by atoms with E-state index in [4.69, 9.17) is 10.1 Å². The van der Waals surface area contributed by atoms with Gasteiger partial charge in [0.25, 0.3) is 0 Å². The van der Waals surface area contributed by atoms with Gasteiger partial charge in [0.2, 0.25) is 5.91 Å². The fourth-order valence-electron chi connectivity index (χ4n) is 2.41. The summed E-state index contributed by atoms with van der Waals surface area (Å²) in [5.41, 5.74) is 7.41. The summed E-state index contributed by atoms with van der Waals surface area (Å²) in [6, 6.07) is 9.24. The molecule has 0 atom stereocenters. The molecule has 1 aromatic rings. The number of hydrazine groups is 1. The second kappa shape index (κ2) is 10.2. The van der Waals surface area contributed by atoms with E-state index >= 15 is 0 Å². The van der Waals surface area contributed by atoms with Crippen molar-refractivity contribution in [3.05, 3.63) is 72.2 Å². The van der Waals surface area contributed by atoms with E-state index in [1.807, 2.05) is 30.3 Å². The standard InChI is InChI=1S/C19H25N5O2/c1-15(14-18(23-21-2)24-10-12-26-13-11-24)22-19(25)9-8-17(20)16-6-4-3-5-7-16/h3-9,14,20-21,23H,1,10-13H2,2H3,(H,22,25)/b9-8-,18-14+,20-17?. The fraction of sp³-hybridized carbons (Fsp3) is 0.263. The lowest BCUT2D eigenvalue weighted by Gasteiger charge is -2.31. The van der Waals surface area contributed by atoms with Gasteiger partial charge in [0.05, 0.1) is 18.9 Å². The van der Waals surface area contributed by atoms with E-state index in [1.54, 1.807) is 13.1 Å². The third kappa shape index (κ3) is 6.19. The lowest BCUT2D eigenvalue weighted by atomic mass is 10.1. The van der Waals surface area contributed by atoms with Gasteiger partial charge in [0.1, 0.15) is 5.82 Å². The Morgan fingerprint density at radius 3 is 2.58 bits per heavy atom. The Hall–Kier alpha value is -2.90. The fourth-order valence-corrected chi connectivity index (χ4v) is 2.41. The van der Waals surface area contributed by atoms with Crippen LogP contribution in [0.4, 0.5) is 0 Å². The van der Waals surface area contributed by atoms with Gasteiger partial charge in [-0.25, -0.2) is 5.43 Å². The van der Waals surface area contributed by atoms with E-state index in [-0.39, 0.29) is 11.6 Å². The zero-order chi connectivity index (χ0) is 18.8. The van der Waals surface area contributed by atoms with Gasteiger partial charge in [-0.15, -0.1) is 0 Å². The molecule has 1 aliphatic heterocycles. The number of carbonyl (C=O) groups excluding carboxylic acids is 1. The van der Waals surface area contributed by atoms with Crippen molar-refractivity contribution in [2.24, 2.45) is 0 Å². The van der Waals surface area contributed by atoms with Crippen molar-refractivity contribution >= 4 is 11.6 Å². The molecule has 1 saturated heterocycles. The number of hydrogen-bond acceptors (Lipinski definition) is 6. The maximum Gasteiger partial charge on any atom is 0.248 e. The van der Waals surface area contributed by atoms with Crippen molar-refractivity contribution in [2.45, 2.75) is 0 Å². The summed E-state index contributed by atoms with van der Waals surface area (Å²) in [4.78, 5) is 14.2. The molecule has 0 unspecified atom stereocenters. The molecule has 0 spiro atoms. The minimum Gasteiger partial charge on any atom is -0.378 e. The van der Waals surface area contributed by atoms with Gasteiger partial charge in [-0.2, -0.15) is 0 Å². The summed E-state index contributed by atoms with van der Waals surface area (Å²) in [7, 11) is 1.77. The number of rotatable bonds is 8. The monoisotopic (exact) mass is 355 g/mol. The van der Waals surface area contributed by atoms with E-state index in [1.165, 1.54) is 12.2 Å². The maximum atomic E-state index is 12.1. The highest BCUT2D eigenvalue weighted by Gasteiger charge is 2.13. The van der Waals surface area contributed by atoms with Gasteiger partial charge in [0.15, 0.2) is 0 Å². The summed E-state index contributed by atoms with van der Waals surface area (Å²) < 4.78 is 5.35. The first-order chi connectivity index (χ1) is 12.6. The van der Waals surface area contributed by atoms with Gasteiger partial charge < -0.3 is 25.8 Å². The zero-order valence-corrected chi connectivity index (χ0v) is 14.9. The summed E-state index contributed by atoms with van der Waals surface area (Å²) in [5.74, 6) is 0.472. The van der Waals surface area contributed by atoms with Crippen LogP contribution >= 0.6 is 0 Å². The summed E-state index contributed by atoms with van der Waals surface area (Å²) >= 11 is 0. The minimum absolute atomic E-state index is 0.271. The Kier molecular flexibility index (Phi) is 7.60. The number of nitrogens with one attached hydrogen (secondary N) is 4. The number of amides is 1. The minimum atomic E-state index is -0.335. The SMILES string of the molecule is C=C(/C=C(\NNC)N1CCOCC1)NC(=O)/C=C\C(=N)c1ccccc1. The molecule has 0 aliphatic carbocycles. The molecule has 1 heterocycles. The molecule has 1 aromatic carbocycles. The molecule has 0 bridgehead atoms. The van der Waals surface area contributed by atoms with Gasteiger partial charge in [-0.3, -0.25) is 4.79 Å². The van der Waals surface area contributed by atoms with Crippen LogP contribution in [0.1, 0.15) is 5.56 Å². The largest absolute Gasteiger partial charge is 0.378 e. The summed E-state index contributed by atoms with van der Waals surface area (Å²) in [5, 5.41) is 10.7. The van der Waals surface area contributed by atoms with Gasteiger partial charge in [-0.1, -0.05) is 36.9 Å². The predicted octanol–water partition coefficient (Wildman–Crippen LogP) is 1.14. The number of ether oxygens (including phenoxy) is 1. The van der Waals surface area contributed by atoms with Gasteiger partial charge in [0, 0.05) is 38.0 Å². The van der Waals surface area contributed by atoms with Crippen LogP contribution in [-0.2, 0) is 9.53 Å². The molecule has 7 nitrogen and oxygen atoms in total. The second-order valence-corrected chi connectivity index (χ2v) is 5.63. The molecule has 26 heavy (non-hydrogen) atoms. The third-order valence-electron chi connectivity index (χ3n) is 3.69. The molecule has 1 aliphatic rings. The molecule has 0 radical (unpaired) electrons. The lowest BCUT2D eigenvalue weighted by molar-refractivity contribution is -0.115. The van der Waals surface area contributed by atoms with Crippen LogP contribution in [0.2, 0.25) is 0 Å². The maximum absolute atomic E-state index is 12.1. The van der Waals surface area contributed by atoms with Crippen molar-refractivity contribution in [2.75, 3.05) is 33.4 Å². The van der Waals surface area contributed by atoms with Gasteiger partial charge in [-0.05, 0) is 11.6 Å². The van der Waals surface area contributed by atoms with Gasteiger partial charge >= 0.3 is 0 Å². The van der Waals surface area contributed by atoms with E-state index in [0.29, 0.717) is 18.9 Å². The smallest absolute Gasteiger partial charge is 0.248 e. The molecule has 138 valence electrons. The first-order valence-electron chi connectivity index (χ1n) is 8.39. The number of allylic oxidation sites excluding steroid dienone is 2. The van der Waals surface area contributed by atoms with E-state index in [9.17, 15) is 4.79 Å². The normalized spacial score (nSPS) is 15.0. The van der Waals surface area contributed by atoms with Crippen LogP contribution in [0.5, 0.6) is 0 Å². The number of hydrogen-bond donors (Lipinski definition) is 4. The Bertz CT molecular complexity index is 691. The number of benzene rings is 1. The lowest BCUT2D eigenvalue weighted by Crippen LogP contribution is -2.43. The van der Waals surface area contributed by atoms with Crippen LogP contribution in [0.25, 0.3) is 0 Å². The Morgan fingerprint density at radius 1 is 1.23 bits per heavy atom. The first kappa shape index (κ1) is 19.4. The average molecular weight is 355 g/mol. The Morgan fingerprint density at radius 2 is 1.92 bits per heavy atom. The average Bonchev–Trinajstić information content (AvgIpc) is 2.67. The van der Waals surface area contributed by atoms with Crippen molar-refractivity contribution < 1.29 is 9.53 Å². The molecule has 7 heteroatoms. The van der Waals surface area contributed by atoms with Crippen LogP contribution in [0, 0.1) is 5.41 Å². The Balaban J connectivity index is 1.93. The van der Waals surface area contributed by atoms with E-state index < -0.39 is 0 Å². The highest BCUT2D eigenvalue weighted by atomic mass is 16.5.